The summed E-state index contributed by atoms with van der Waals surface area (Å²) in [6.45, 7) is 0.218. The fourth-order valence-electron chi connectivity index (χ4n) is 1.37. The molecule has 1 aliphatic heterocycles. The lowest BCUT2D eigenvalue weighted by Crippen LogP contribution is -2.33. The second-order valence-corrected chi connectivity index (χ2v) is 6.35. The Kier molecular flexibility index (Phi) is 2.79. The predicted molar refractivity (Wildman–Crippen MR) is 62.0 cm³/mol. The molecular formula is C9H6BrClO3S. The van der Waals surface area contributed by atoms with Crippen LogP contribution in [0.1, 0.15) is 0 Å². The normalized spacial score (nSPS) is 15.2. The highest BCUT2D eigenvalue weighted by Crippen LogP contribution is 2.15. The Morgan fingerprint density at radius 3 is 2.80 bits per heavy atom. The Hall–Kier alpha value is -0.520. The van der Waals surface area contributed by atoms with Crippen LogP contribution in [0.4, 0.5) is 0 Å². The van der Waals surface area contributed by atoms with Crippen LogP contribution in [0.15, 0.2) is 22.7 Å². The fourth-order valence-corrected chi connectivity index (χ4v) is 2.76. The SMILES string of the molecule is O=S(=O)(Cl)C1=c2cc(Br)ccc2=CCO1. The number of ether oxygens (including phenoxy) is 1. The third-order valence-corrected chi connectivity index (χ3v) is 3.67. The van der Waals surface area contributed by atoms with Crippen molar-refractivity contribution >= 4 is 46.8 Å². The quantitative estimate of drug-likeness (QED) is 0.724. The summed E-state index contributed by atoms with van der Waals surface area (Å²) in [5.41, 5.74) is 0. The molecule has 1 aromatic rings. The monoisotopic (exact) mass is 308 g/mol. The van der Waals surface area contributed by atoms with Crippen molar-refractivity contribution < 1.29 is 13.2 Å². The van der Waals surface area contributed by atoms with E-state index < -0.39 is 9.05 Å². The average Bonchev–Trinajstić information content (AvgIpc) is 2.15. The summed E-state index contributed by atoms with van der Waals surface area (Å²) in [6, 6.07) is 5.31. The molecule has 1 aromatic carbocycles. The zero-order valence-electron chi connectivity index (χ0n) is 7.41. The van der Waals surface area contributed by atoms with Crippen molar-refractivity contribution in [3.63, 3.8) is 0 Å². The minimum atomic E-state index is -3.83. The first-order chi connectivity index (χ1) is 6.98. The van der Waals surface area contributed by atoms with E-state index in [1.54, 1.807) is 12.1 Å². The molecule has 0 saturated carbocycles. The van der Waals surface area contributed by atoms with E-state index in [9.17, 15) is 8.42 Å². The van der Waals surface area contributed by atoms with Crippen molar-refractivity contribution in [3.05, 3.63) is 33.1 Å². The Morgan fingerprint density at radius 2 is 2.13 bits per heavy atom. The highest BCUT2D eigenvalue weighted by molar-refractivity contribution is 9.10. The van der Waals surface area contributed by atoms with Gasteiger partial charge in [0, 0.05) is 20.4 Å². The number of benzene rings is 1. The Morgan fingerprint density at radius 1 is 1.40 bits per heavy atom. The van der Waals surface area contributed by atoms with E-state index >= 15 is 0 Å². The zero-order chi connectivity index (χ0) is 11.1. The summed E-state index contributed by atoms with van der Waals surface area (Å²) < 4.78 is 28.3. The maximum absolute atomic E-state index is 11.2. The second kappa shape index (κ2) is 3.81. The van der Waals surface area contributed by atoms with E-state index in [2.05, 4.69) is 15.9 Å². The van der Waals surface area contributed by atoms with Gasteiger partial charge in [-0.1, -0.05) is 22.0 Å². The number of hydrogen-bond donors (Lipinski definition) is 0. The molecule has 0 fully saturated rings. The largest absolute Gasteiger partial charge is 0.478 e. The molecule has 3 nitrogen and oxygen atoms in total. The summed E-state index contributed by atoms with van der Waals surface area (Å²) in [5.74, 6) is 0. The number of halogens is 2. The number of hydrogen-bond acceptors (Lipinski definition) is 3. The Bertz CT molecular complexity index is 621. The molecule has 2 rings (SSSR count). The van der Waals surface area contributed by atoms with Gasteiger partial charge in [-0.2, -0.15) is 0 Å². The van der Waals surface area contributed by atoms with Crippen LogP contribution in [0.5, 0.6) is 0 Å². The van der Waals surface area contributed by atoms with Crippen molar-refractivity contribution in [3.8, 4) is 0 Å². The van der Waals surface area contributed by atoms with Gasteiger partial charge in [-0.05, 0) is 23.4 Å². The van der Waals surface area contributed by atoms with Crippen molar-refractivity contribution in [2.24, 2.45) is 0 Å². The van der Waals surface area contributed by atoms with Crippen molar-refractivity contribution in [1.82, 2.24) is 0 Å². The molecule has 0 aliphatic carbocycles. The molecule has 6 heteroatoms. The lowest BCUT2D eigenvalue weighted by Gasteiger charge is -2.10. The van der Waals surface area contributed by atoms with E-state index in [1.807, 2.05) is 12.1 Å². The van der Waals surface area contributed by atoms with E-state index in [1.165, 1.54) is 0 Å². The van der Waals surface area contributed by atoms with Gasteiger partial charge in [0.15, 0.2) is 0 Å². The van der Waals surface area contributed by atoms with Crippen LogP contribution in [0.25, 0.3) is 11.2 Å². The topological polar surface area (TPSA) is 43.4 Å². The Labute approximate surface area is 99.6 Å². The molecule has 15 heavy (non-hydrogen) atoms. The molecule has 0 amide bonds. The van der Waals surface area contributed by atoms with Gasteiger partial charge in [-0.15, -0.1) is 0 Å². The Balaban J connectivity index is 2.94. The molecule has 0 N–H and O–H groups in total. The van der Waals surface area contributed by atoms with Crippen LogP contribution in [0.3, 0.4) is 0 Å². The van der Waals surface area contributed by atoms with Crippen molar-refractivity contribution in [2.45, 2.75) is 0 Å². The number of fused-ring (bicyclic) bond motifs is 1. The van der Waals surface area contributed by atoms with Gasteiger partial charge < -0.3 is 4.74 Å². The minimum absolute atomic E-state index is 0.178. The molecule has 80 valence electrons. The van der Waals surface area contributed by atoms with E-state index in [4.69, 9.17) is 15.4 Å². The summed E-state index contributed by atoms with van der Waals surface area (Å²) >= 11 is 3.26. The smallest absolute Gasteiger partial charge is 0.294 e. The van der Waals surface area contributed by atoms with Gasteiger partial charge in [0.05, 0.1) is 0 Å². The van der Waals surface area contributed by atoms with E-state index in [0.717, 1.165) is 9.69 Å². The van der Waals surface area contributed by atoms with Crippen LogP contribution in [0, 0.1) is 0 Å². The summed E-state index contributed by atoms with van der Waals surface area (Å²) in [5, 5.41) is 1.12. The van der Waals surface area contributed by atoms with Crippen LogP contribution in [-0.4, -0.2) is 15.0 Å². The first kappa shape index (κ1) is 11.0. The van der Waals surface area contributed by atoms with Crippen molar-refractivity contribution in [1.29, 1.82) is 0 Å². The molecule has 0 radical (unpaired) electrons. The third-order valence-electron chi connectivity index (χ3n) is 1.97. The zero-order valence-corrected chi connectivity index (χ0v) is 10.6. The molecule has 0 saturated heterocycles. The summed E-state index contributed by atoms with van der Waals surface area (Å²) in [6.07, 6.45) is 1.80. The molecule has 0 aromatic heterocycles. The molecule has 1 heterocycles. The lowest BCUT2D eigenvalue weighted by atomic mass is 10.2. The van der Waals surface area contributed by atoms with Gasteiger partial charge >= 0.3 is 0 Å². The summed E-state index contributed by atoms with van der Waals surface area (Å²) in [4.78, 5) is 0. The molecular weight excluding hydrogens is 304 g/mol. The summed E-state index contributed by atoms with van der Waals surface area (Å²) in [7, 11) is 1.44. The van der Waals surface area contributed by atoms with Crippen LogP contribution >= 0.6 is 26.6 Å². The molecule has 0 spiro atoms. The maximum Gasteiger partial charge on any atom is 0.294 e. The van der Waals surface area contributed by atoms with Crippen LogP contribution in [0.2, 0.25) is 0 Å². The fraction of sp³-hybridized carbons (Fsp3) is 0.111. The predicted octanol–water partition coefficient (Wildman–Crippen LogP) is 0.894. The number of rotatable bonds is 1. The van der Waals surface area contributed by atoms with Gasteiger partial charge in [0.25, 0.3) is 9.05 Å². The second-order valence-electron chi connectivity index (χ2n) is 2.97. The average molecular weight is 310 g/mol. The highest BCUT2D eigenvalue weighted by atomic mass is 79.9. The van der Waals surface area contributed by atoms with Gasteiger partial charge in [-0.25, -0.2) is 8.42 Å². The van der Waals surface area contributed by atoms with E-state index in [0.29, 0.717) is 5.22 Å². The first-order valence-electron chi connectivity index (χ1n) is 4.06. The third kappa shape index (κ3) is 2.19. The van der Waals surface area contributed by atoms with Gasteiger partial charge in [0.1, 0.15) is 6.61 Å². The maximum atomic E-state index is 11.2. The molecule has 1 aliphatic rings. The van der Waals surface area contributed by atoms with E-state index in [-0.39, 0.29) is 11.7 Å². The molecule has 0 unspecified atom stereocenters. The molecule has 0 atom stereocenters. The van der Waals surface area contributed by atoms with Crippen molar-refractivity contribution in [2.75, 3.05) is 6.61 Å². The first-order valence-corrected chi connectivity index (χ1v) is 7.16. The lowest BCUT2D eigenvalue weighted by molar-refractivity contribution is 0.333. The minimum Gasteiger partial charge on any atom is -0.478 e. The molecule has 0 bridgehead atoms. The van der Waals surface area contributed by atoms with Gasteiger partial charge in [-0.3, -0.25) is 0 Å². The van der Waals surface area contributed by atoms with Crippen LogP contribution < -0.4 is 10.4 Å². The standard InChI is InChI=1S/C9H6BrClO3S/c10-7-2-1-6-3-4-14-9(8(6)5-7)15(11,12)13/h1-3,5H,4H2. The van der Waals surface area contributed by atoms with Gasteiger partial charge in [0.2, 0.25) is 5.09 Å². The van der Waals surface area contributed by atoms with Crippen LogP contribution in [-0.2, 0) is 13.8 Å². The highest BCUT2D eigenvalue weighted by Gasteiger charge is 2.19.